The molecule has 0 radical (unpaired) electrons. The molecule has 0 aliphatic heterocycles. The van der Waals surface area contributed by atoms with Gasteiger partial charge in [0.2, 0.25) is 0 Å². The van der Waals surface area contributed by atoms with Crippen molar-refractivity contribution < 1.29 is 4.79 Å². The van der Waals surface area contributed by atoms with Crippen LogP contribution in [-0.2, 0) is 0 Å². The molecule has 2 rings (SSSR count). The Kier molecular flexibility index (Phi) is 5.37. The van der Waals surface area contributed by atoms with E-state index < -0.39 is 0 Å². The fraction of sp³-hybridized carbons (Fsp3) is 0.263. The van der Waals surface area contributed by atoms with E-state index >= 15 is 0 Å². The van der Waals surface area contributed by atoms with Crippen LogP contribution < -0.4 is 5.32 Å². The molecule has 0 aliphatic rings. The molecule has 1 aromatic carbocycles. The fourth-order valence-electron chi connectivity index (χ4n) is 2.26. The minimum Gasteiger partial charge on any atom is -0.307 e. The number of halogens is 1. The van der Waals surface area contributed by atoms with E-state index in [1.165, 1.54) is 5.57 Å². The van der Waals surface area contributed by atoms with Crippen LogP contribution >= 0.6 is 15.9 Å². The SMILES string of the molecule is C/C(=C\C(C)(C)C)c1ccc(C(=O)Nc2ccc(Br)cn2)cc1. The zero-order chi connectivity index (χ0) is 17.0. The number of nitrogens with one attached hydrogen (secondary N) is 1. The van der Waals surface area contributed by atoms with Gasteiger partial charge in [-0.3, -0.25) is 4.79 Å². The zero-order valence-electron chi connectivity index (χ0n) is 13.9. The number of rotatable bonds is 3. The molecule has 0 atom stereocenters. The van der Waals surface area contributed by atoms with Crippen molar-refractivity contribution >= 4 is 33.2 Å². The first kappa shape index (κ1) is 17.4. The summed E-state index contributed by atoms with van der Waals surface area (Å²) in [4.78, 5) is 16.4. The van der Waals surface area contributed by atoms with Gasteiger partial charge in [-0.05, 0) is 63.7 Å². The lowest BCUT2D eigenvalue weighted by Crippen LogP contribution is -2.12. The van der Waals surface area contributed by atoms with Crippen LogP contribution in [0.4, 0.5) is 5.82 Å². The summed E-state index contributed by atoms with van der Waals surface area (Å²) in [6.07, 6.45) is 3.88. The Morgan fingerprint density at radius 2 is 1.70 bits per heavy atom. The smallest absolute Gasteiger partial charge is 0.256 e. The monoisotopic (exact) mass is 372 g/mol. The quantitative estimate of drug-likeness (QED) is 0.767. The summed E-state index contributed by atoms with van der Waals surface area (Å²) < 4.78 is 0.876. The Morgan fingerprint density at radius 3 is 2.22 bits per heavy atom. The van der Waals surface area contributed by atoms with Crippen molar-refractivity contribution in [3.63, 3.8) is 0 Å². The largest absolute Gasteiger partial charge is 0.307 e. The van der Waals surface area contributed by atoms with Crippen LogP contribution in [0.5, 0.6) is 0 Å². The van der Waals surface area contributed by atoms with Gasteiger partial charge in [-0.15, -0.1) is 0 Å². The van der Waals surface area contributed by atoms with Crippen LogP contribution in [0.15, 0.2) is 53.1 Å². The third-order valence-electron chi connectivity index (χ3n) is 3.22. The standard InChI is InChI=1S/C19H21BrN2O/c1-13(11-19(2,3)4)14-5-7-15(8-6-14)18(23)22-17-10-9-16(20)12-21-17/h5-12H,1-4H3,(H,21,22,23)/b13-11+. The van der Waals surface area contributed by atoms with Crippen LogP contribution in [0, 0.1) is 5.41 Å². The summed E-state index contributed by atoms with van der Waals surface area (Å²) in [5.74, 6) is 0.370. The zero-order valence-corrected chi connectivity index (χ0v) is 15.4. The maximum absolute atomic E-state index is 12.2. The number of amides is 1. The van der Waals surface area contributed by atoms with Crippen molar-refractivity contribution in [3.05, 3.63) is 64.3 Å². The molecule has 0 bridgehead atoms. The maximum atomic E-state index is 12.2. The van der Waals surface area contributed by atoms with E-state index in [-0.39, 0.29) is 11.3 Å². The van der Waals surface area contributed by atoms with Gasteiger partial charge in [0.15, 0.2) is 0 Å². The van der Waals surface area contributed by atoms with Crippen LogP contribution in [0.2, 0.25) is 0 Å². The average molecular weight is 373 g/mol. The topological polar surface area (TPSA) is 42.0 Å². The molecule has 1 aromatic heterocycles. The fourth-order valence-corrected chi connectivity index (χ4v) is 2.49. The molecule has 0 unspecified atom stereocenters. The summed E-state index contributed by atoms with van der Waals surface area (Å²) in [6, 6.07) is 11.2. The van der Waals surface area contributed by atoms with E-state index in [1.54, 1.807) is 12.3 Å². The van der Waals surface area contributed by atoms with E-state index in [0.717, 1.165) is 10.0 Å². The van der Waals surface area contributed by atoms with Crippen LogP contribution in [0.3, 0.4) is 0 Å². The summed E-state index contributed by atoms with van der Waals surface area (Å²) in [7, 11) is 0. The van der Waals surface area contributed by atoms with Gasteiger partial charge in [0.25, 0.3) is 5.91 Å². The van der Waals surface area contributed by atoms with Gasteiger partial charge < -0.3 is 5.32 Å². The van der Waals surface area contributed by atoms with Crippen molar-refractivity contribution in [2.24, 2.45) is 5.41 Å². The molecule has 1 heterocycles. The molecule has 23 heavy (non-hydrogen) atoms. The van der Waals surface area contributed by atoms with Gasteiger partial charge in [0.05, 0.1) is 0 Å². The van der Waals surface area contributed by atoms with Gasteiger partial charge in [-0.1, -0.05) is 39.0 Å². The van der Waals surface area contributed by atoms with Crippen molar-refractivity contribution in [2.75, 3.05) is 5.32 Å². The molecule has 120 valence electrons. The van der Waals surface area contributed by atoms with Crippen LogP contribution in [0.1, 0.15) is 43.6 Å². The van der Waals surface area contributed by atoms with E-state index in [0.29, 0.717) is 11.4 Å². The van der Waals surface area contributed by atoms with Crippen molar-refractivity contribution in [3.8, 4) is 0 Å². The molecular formula is C19H21BrN2O. The molecule has 2 aromatic rings. The number of carbonyl (C=O) groups excluding carboxylic acids is 1. The Bertz CT molecular complexity index is 711. The summed E-state index contributed by atoms with van der Waals surface area (Å²) in [6.45, 7) is 8.60. The number of carbonyl (C=O) groups is 1. The minimum absolute atomic E-state index is 0.132. The number of pyridine rings is 1. The third kappa shape index (κ3) is 5.32. The molecule has 0 saturated carbocycles. The molecule has 1 N–H and O–H groups in total. The molecule has 1 amide bonds. The molecule has 0 spiro atoms. The van der Waals surface area contributed by atoms with Crippen molar-refractivity contribution in [1.82, 2.24) is 4.98 Å². The van der Waals surface area contributed by atoms with E-state index in [2.05, 4.69) is 60.0 Å². The van der Waals surface area contributed by atoms with Crippen molar-refractivity contribution in [2.45, 2.75) is 27.7 Å². The summed E-state index contributed by atoms with van der Waals surface area (Å²) >= 11 is 3.32. The van der Waals surface area contributed by atoms with Gasteiger partial charge in [0.1, 0.15) is 5.82 Å². The molecule has 0 aliphatic carbocycles. The molecule has 0 saturated heterocycles. The maximum Gasteiger partial charge on any atom is 0.256 e. The lowest BCUT2D eigenvalue weighted by molar-refractivity contribution is 0.102. The Morgan fingerprint density at radius 1 is 1.09 bits per heavy atom. The lowest BCUT2D eigenvalue weighted by Gasteiger charge is -2.14. The number of nitrogens with zero attached hydrogens (tertiary/aromatic N) is 1. The second-order valence-electron chi connectivity index (χ2n) is 6.59. The van der Waals surface area contributed by atoms with Gasteiger partial charge in [-0.2, -0.15) is 0 Å². The minimum atomic E-state index is -0.163. The number of anilines is 1. The first-order chi connectivity index (χ1) is 10.7. The first-order valence-corrected chi connectivity index (χ1v) is 8.27. The Labute approximate surface area is 146 Å². The Balaban J connectivity index is 2.11. The van der Waals surface area contributed by atoms with Gasteiger partial charge >= 0.3 is 0 Å². The summed E-state index contributed by atoms with van der Waals surface area (Å²) in [5.41, 5.74) is 3.08. The summed E-state index contributed by atoms with van der Waals surface area (Å²) in [5, 5.41) is 2.79. The van der Waals surface area contributed by atoms with Crippen LogP contribution in [0.25, 0.3) is 5.57 Å². The Hall–Kier alpha value is -1.94. The van der Waals surface area contributed by atoms with E-state index in [4.69, 9.17) is 0 Å². The highest BCUT2D eigenvalue weighted by atomic mass is 79.9. The van der Waals surface area contributed by atoms with E-state index in [1.807, 2.05) is 30.3 Å². The lowest BCUT2D eigenvalue weighted by atomic mass is 9.91. The number of hydrogen-bond donors (Lipinski definition) is 1. The molecular weight excluding hydrogens is 352 g/mol. The first-order valence-electron chi connectivity index (χ1n) is 7.47. The second kappa shape index (κ2) is 7.09. The predicted octanol–water partition coefficient (Wildman–Crippen LogP) is 5.55. The van der Waals surface area contributed by atoms with Crippen LogP contribution in [-0.4, -0.2) is 10.9 Å². The van der Waals surface area contributed by atoms with Crippen molar-refractivity contribution in [1.29, 1.82) is 0 Å². The normalized spacial score (nSPS) is 12.1. The highest BCUT2D eigenvalue weighted by Crippen LogP contribution is 2.23. The number of allylic oxidation sites excluding steroid dienone is 2. The molecule has 0 fully saturated rings. The highest BCUT2D eigenvalue weighted by Gasteiger charge is 2.09. The number of hydrogen-bond acceptors (Lipinski definition) is 2. The second-order valence-corrected chi connectivity index (χ2v) is 7.50. The third-order valence-corrected chi connectivity index (χ3v) is 3.69. The molecule has 4 heteroatoms. The number of aromatic nitrogens is 1. The van der Waals surface area contributed by atoms with Gasteiger partial charge in [0, 0.05) is 16.2 Å². The molecule has 3 nitrogen and oxygen atoms in total. The predicted molar refractivity (Wildman–Crippen MR) is 99.4 cm³/mol. The highest BCUT2D eigenvalue weighted by molar-refractivity contribution is 9.10. The van der Waals surface area contributed by atoms with Gasteiger partial charge in [-0.25, -0.2) is 4.98 Å². The number of benzene rings is 1. The average Bonchev–Trinajstić information content (AvgIpc) is 2.48. The van der Waals surface area contributed by atoms with E-state index in [9.17, 15) is 4.79 Å².